The molecule has 96 valence electrons. The molecule has 2 heterocycles. The van der Waals surface area contributed by atoms with Gasteiger partial charge < -0.3 is 10.2 Å². The summed E-state index contributed by atoms with van der Waals surface area (Å²) in [6.07, 6.45) is 0. The van der Waals surface area contributed by atoms with Crippen LogP contribution in [-0.2, 0) is 6.54 Å². The molecule has 0 bridgehead atoms. The van der Waals surface area contributed by atoms with E-state index in [4.69, 9.17) is 11.6 Å². The molecule has 0 atom stereocenters. The first-order chi connectivity index (χ1) is 8.69. The minimum Gasteiger partial charge on any atom is -0.354 e. The number of halogens is 1. The van der Waals surface area contributed by atoms with E-state index in [1.165, 1.54) is 4.88 Å². The second-order valence-corrected chi connectivity index (χ2v) is 5.06. The molecule has 2 rings (SSSR count). The van der Waals surface area contributed by atoms with E-state index in [0.717, 1.165) is 13.1 Å². The third-order valence-corrected chi connectivity index (χ3v) is 3.28. The monoisotopic (exact) mass is 283 g/mol. The molecule has 0 amide bonds. The summed E-state index contributed by atoms with van der Waals surface area (Å²) in [5.74, 6) is 1.07. The van der Waals surface area contributed by atoms with Crippen LogP contribution in [0.5, 0.6) is 0 Å². The van der Waals surface area contributed by atoms with E-state index >= 15 is 0 Å². The van der Waals surface area contributed by atoms with Crippen molar-refractivity contribution in [1.82, 2.24) is 15.0 Å². The number of aromatic nitrogens is 3. The van der Waals surface area contributed by atoms with Crippen molar-refractivity contribution in [2.24, 2.45) is 0 Å². The third kappa shape index (κ3) is 3.30. The van der Waals surface area contributed by atoms with Gasteiger partial charge in [-0.15, -0.1) is 11.3 Å². The lowest BCUT2D eigenvalue weighted by Crippen LogP contribution is -2.19. The van der Waals surface area contributed by atoms with Crippen LogP contribution in [0.15, 0.2) is 17.5 Å². The first-order valence-corrected chi connectivity index (χ1v) is 6.83. The second kappa shape index (κ2) is 5.97. The van der Waals surface area contributed by atoms with E-state index in [1.54, 1.807) is 11.3 Å². The van der Waals surface area contributed by atoms with Crippen LogP contribution in [0.1, 0.15) is 11.8 Å². The minimum atomic E-state index is 0.203. The molecule has 7 heteroatoms. The van der Waals surface area contributed by atoms with Gasteiger partial charge in [-0.1, -0.05) is 6.07 Å². The quantitative estimate of drug-likeness (QED) is 0.914. The number of nitrogens with zero attached hydrogens (tertiary/aromatic N) is 4. The molecular weight excluding hydrogens is 270 g/mol. The summed E-state index contributed by atoms with van der Waals surface area (Å²) in [5.41, 5.74) is 0. The largest absolute Gasteiger partial charge is 0.354 e. The van der Waals surface area contributed by atoms with Crippen molar-refractivity contribution in [2.75, 3.05) is 23.8 Å². The Balaban J connectivity index is 2.16. The van der Waals surface area contributed by atoms with Crippen LogP contribution in [0, 0.1) is 0 Å². The zero-order valence-corrected chi connectivity index (χ0v) is 11.8. The molecule has 0 fully saturated rings. The summed E-state index contributed by atoms with van der Waals surface area (Å²) in [7, 11) is 1.93. The number of hydrogen-bond acceptors (Lipinski definition) is 6. The fraction of sp³-hybridized carbons (Fsp3) is 0.364. The molecule has 0 aliphatic rings. The van der Waals surface area contributed by atoms with E-state index < -0.39 is 0 Å². The van der Waals surface area contributed by atoms with Crippen LogP contribution < -0.4 is 10.2 Å². The Morgan fingerprint density at radius 3 is 2.89 bits per heavy atom. The summed E-state index contributed by atoms with van der Waals surface area (Å²) in [4.78, 5) is 15.7. The normalized spacial score (nSPS) is 10.4. The van der Waals surface area contributed by atoms with Gasteiger partial charge in [0.25, 0.3) is 0 Å². The first-order valence-electron chi connectivity index (χ1n) is 5.58. The van der Waals surface area contributed by atoms with Crippen LogP contribution in [0.25, 0.3) is 0 Å². The number of rotatable bonds is 5. The predicted molar refractivity (Wildman–Crippen MR) is 75.4 cm³/mol. The van der Waals surface area contributed by atoms with Crippen molar-refractivity contribution >= 4 is 34.8 Å². The fourth-order valence-corrected chi connectivity index (χ4v) is 2.37. The molecule has 18 heavy (non-hydrogen) atoms. The standard InChI is InChI=1S/C11H14ClN5S/c1-3-13-10-14-9(12)15-11(16-10)17(2)7-8-5-4-6-18-8/h4-6H,3,7H2,1-2H3,(H,13,14,15,16). The van der Waals surface area contributed by atoms with Crippen LogP contribution in [-0.4, -0.2) is 28.5 Å². The Morgan fingerprint density at radius 1 is 1.39 bits per heavy atom. The van der Waals surface area contributed by atoms with Crippen LogP contribution in [0.3, 0.4) is 0 Å². The van der Waals surface area contributed by atoms with Crippen molar-refractivity contribution in [2.45, 2.75) is 13.5 Å². The molecule has 0 aliphatic carbocycles. The van der Waals surface area contributed by atoms with Gasteiger partial charge >= 0.3 is 0 Å². The molecule has 0 saturated heterocycles. The maximum atomic E-state index is 5.89. The summed E-state index contributed by atoms with van der Waals surface area (Å²) in [6.45, 7) is 3.48. The molecule has 2 aromatic heterocycles. The maximum Gasteiger partial charge on any atom is 0.231 e. The van der Waals surface area contributed by atoms with E-state index in [1.807, 2.05) is 30.3 Å². The topological polar surface area (TPSA) is 53.9 Å². The molecule has 0 aromatic carbocycles. The zero-order chi connectivity index (χ0) is 13.0. The summed E-state index contributed by atoms with van der Waals surface area (Å²) in [5, 5.41) is 5.28. The first kappa shape index (κ1) is 13.0. The average molecular weight is 284 g/mol. The molecule has 5 nitrogen and oxygen atoms in total. The Bertz CT molecular complexity index is 502. The Labute approximate surface area is 115 Å². The average Bonchev–Trinajstić information content (AvgIpc) is 2.81. The van der Waals surface area contributed by atoms with Gasteiger partial charge in [0.05, 0.1) is 6.54 Å². The van der Waals surface area contributed by atoms with Gasteiger partial charge in [0.2, 0.25) is 17.2 Å². The SMILES string of the molecule is CCNc1nc(Cl)nc(N(C)Cc2cccs2)n1. The summed E-state index contributed by atoms with van der Waals surface area (Å²) in [6, 6.07) is 4.10. The van der Waals surface area contributed by atoms with Gasteiger partial charge in [0, 0.05) is 18.5 Å². The number of anilines is 2. The van der Waals surface area contributed by atoms with E-state index in [-0.39, 0.29) is 5.28 Å². The zero-order valence-electron chi connectivity index (χ0n) is 10.2. The van der Waals surface area contributed by atoms with E-state index in [0.29, 0.717) is 11.9 Å². The van der Waals surface area contributed by atoms with Gasteiger partial charge in [0.15, 0.2) is 0 Å². The van der Waals surface area contributed by atoms with Crippen LogP contribution >= 0.6 is 22.9 Å². The van der Waals surface area contributed by atoms with Crippen molar-refractivity contribution in [1.29, 1.82) is 0 Å². The molecule has 0 unspecified atom stereocenters. The predicted octanol–water partition coefficient (Wildman–Crippen LogP) is 2.65. The van der Waals surface area contributed by atoms with Gasteiger partial charge in [-0.3, -0.25) is 0 Å². The highest BCUT2D eigenvalue weighted by molar-refractivity contribution is 7.09. The number of hydrogen-bond donors (Lipinski definition) is 1. The molecular formula is C11H14ClN5S. The Hall–Kier alpha value is -1.40. The van der Waals surface area contributed by atoms with Gasteiger partial charge in [-0.2, -0.15) is 15.0 Å². The van der Waals surface area contributed by atoms with E-state index in [9.17, 15) is 0 Å². The highest BCUT2D eigenvalue weighted by Gasteiger charge is 2.09. The Kier molecular flexibility index (Phi) is 4.33. The third-order valence-electron chi connectivity index (χ3n) is 2.25. The number of thiophene rings is 1. The van der Waals surface area contributed by atoms with Crippen LogP contribution in [0.4, 0.5) is 11.9 Å². The van der Waals surface area contributed by atoms with Crippen molar-refractivity contribution in [3.63, 3.8) is 0 Å². The highest BCUT2D eigenvalue weighted by Crippen LogP contribution is 2.17. The smallest absolute Gasteiger partial charge is 0.231 e. The number of nitrogens with one attached hydrogen (secondary N) is 1. The summed E-state index contributed by atoms with van der Waals surface area (Å²) >= 11 is 7.59. The lowest BCUT2D eigenvalue weighted by Gasteiger charge is -2.16. The lowest BCUT2D eigenvalue weighted by atomic mass is 10.4. The van der Waals surface area contributed by atoms with Gasteiger partial charge in [-0.05, 0) is 30.0 Å². The van der Waals surface area contributed by atoms with E-state index in [2.05, 4.69) is 26.3 Å². The molecule has 0 saturated carbocycles. The van der Waals surface area contributed by atoms with Crippen molar-refractivity contribution < 1.29 is 0 Å². The highest BCUT2D eigenvalue weighted by atomic mass is 35.5. The molecule has 0 aliphatic heterocycles. The van der Waals surface area contributed by atoms with Crippen molar-refractivity contribution in [3.05, 3.63) is 27.7 Å². The molecule has 1 N–H and O–H groups in total. The van der Waals surface area contributed by atoms with Gasteiger partial charge in [-0.25, -0.2) is 0 Å². The van der Waals surface area contributed by atoms with Crippen LogP contribution in [0.2, 0.25) is 5.28 Å². The lowest BCUT2D eigenvalue weighted by molar-refractivity contribution is 0.862. The molecule has 2 aromatic rings. The Morgan fingerprint density at radius 2 is 2.22 bits per heavy atom. The second-order valence-electron chi connectivity index (χ2n) is 3.69. The fourth-order valence-electron chi connectivity index (χ4n) is 1.45. The molecule has 0 spiro atoms. The van der Waals surface area contributed by atoms with Crippen molar-refractivity contribution in [3.8, 4) is 0 Å². The minimum absolute atomic E-state index is 0.203. The summed E-state index contributed by atoms with van der Waals surface area (Å²) < 4.78 is 0. The van der Waals surface area contributed by atoms with Gasteiger partial charge in [0.1, 0.15) is 0 Å². The molecule has 0 radical (unpaired) electrons. The maximum absolute atomic E-state index is 5.89.